The van der Waals surface area contributed by atoms with E-state index in [2.05, 4.69) is 10.3 Å². The van der Waals surface area contributed by atoms with Crippen molar-refractivity contribution < 1.29 is 4.74 Å². The van der Waals surface area contributed by atoms with E-state index in [-0.39, 0.29) is 0 Å². The molecular formula is C10H17N3O. The van der Waals surface area contributed by atoms with E-state index in [4.69, 9.17) is 4.74 Å². The Morgan fingerprint density at radius 1 is 1.71 bits per heavy atom. The van der Waals surface area contributed by atoms with Crippen LogP contribution < -0.4 is 10.1 Å². The van der Waals surface area contributed by atoms with Gasteiger partial charge in [-0.05, 0) is 19.4 Å². The van der Waals surface area contributed by atoms with Crippen molar-refractivity contribution in [3.63, 3.8) is 0 Å². The second kappa shape index (κ2) is 4.46. The van der Waals surface area contributed by atoms with Crippen LogP contribution in [0.1, 0.15) is 12.8 Å². The zero-order chi connectivity index (χ0) is 9.80. The van der Waals surface area contributed by atoms with Crippen LogP contribution >= 0.6 is 0 Å². The molecule has 1 aromatic rings. The number of piperidine rings is 1. The van der Waals surface area contributed by atoms with Gasteiger partial charge in [0.25, 0.3) is 6.01 Å². The van der Waals surface area contributed by atoms with Gasteiger partial charge in [-0.25, -0.2) is 4.98 Å². The lowest BCUT2D eigenvalue weighted by atomic mass is 10.0. The van der Waals surface area contributed by atoms with E-state index >= 15 is 0 Å². The summed E-state index contributed by atoms with van der Waals surface area (Å²) in [5, 5.41) is 3.37. The van der Waals surface area contributed by atoms with E-state index in [1.54, 1.807) is 6.20 Å². The minimum atomic E-state index is 0.639. The first-order valence-electron chi connectivity index (χ1n) is 5.17. The SMILES string of the molecule is Cn1ccnc1OCC1CCCNC1. The predicted molar refractivity (Wildman–Crippen MR) is 54.3 cm³/mol. The van der Waals surface area contributed by atoms with Crippen molar-refractivity contribution in [2.75, 3.05) is 19.7 Å². The van der Waals surface area contributed by atoms with Crippen LogP contribution in [0.4, 0.5) is 0 Å². The van der Waals surface area contributed by atoms with Gasteiger partial charge in [0.2, 0.25) is 0 Å². The zero-order valence-corrected chi connectivity index (χ0v) is 8.57. The van der Waals surface area contributed by atoms with Crippen LogP contribution in [0.2, 0.25) is 0 Å². The molecule has 1 aliphatic heterocycles. The molecular weight excluding hydrogens is 178 g/mol. The number of nitrogens with one attached hydrogen (secondary N) is 1. The molecule has 1 saturated heterocycles. The molecule has 1 atom stereocenters. The van der Waals surface area contributed by atoms with Gasteiger partial charge in [-0.2, -0.15) is 0 Å². The maximum absolute atomic E-state index is 5.63. The highest BCUT2D eigenvalue weighted by Gasteiger charge is 2.14. The lowest BCUT2D eigenvalue weighted by Gasteiger charge is -2.22. The fourth-order valence-corrected chi connectivity index (χ4v) is 1.75. The summed E-state index contributed by atoms with van der Waals surface area (Å²) in [5.41, 5.74) is 0. The molecule has 1 fully saturated rings. The lowest BCUT2D eigenvalue weighted by molar-refractivity contribution is 0.200. The van der Waals surface area contributed by atoms with Crippen LogP contribution in [0.5, 0.6) is 6.01 Å². The number of hydrogen-bond donors (Lipinski definition) is 1. The van der Waals surface area contributed by atoms with Crippen LogP contribution in [-0.2, 0) is 7.05 Å². The Morgan fingerprint density at radius 3 is 3.29 bits per heavy atom. The third kappa shape index (κ3) is 2.26. The van der Waals surface area contributed by atoms with E-state index in [1.165, 1.54) is 12.8 Å². The second-order valence-electron chi connectivity index (χ2n) is 3.84. The Bertz CT molecular complexity index is 279. The molecule has 1 aromatic heterocycles. The largest absolute Gasteiger partial charge is 0.464 e. The van der Waals surface area contributed by atoms with E-state index in [1.807, 2.05) is 17.8 Å². The van der Waals surface area contributed by atoms with E-state index < -0.39 is 0 Å². The third-order valence-electron chi connectivity index (χ3n) is 2.62. The quantitative estimate of drug-likeness (QED) is 0.775. The second-order valence-corrected chi connectivity index (χ2v) is 3.84. The Labute approximate surface area is 84.3 Å². The van der Waals surface area contributed by atoms with E-state index in [0.29, 0.717) is 5.92 Å². The Balaban J connectivity index is 1.79. The normalized spacial score (nSPS) is 22.2. The van der Waals surface area contributed by atoms with Crippen molar-refractivity contribution in [1.82, 2.24) is 14.9 Å². The maximum atomic E-state index is 5.63. The van der Waals surface area contributed by atoms with Crippen molar-refractivity contribution in [2.24, 2.45) is 13.0 Å². The van der Waals surface area contributed by atoms with Gasteiger partial charge in [0.05, 0.1) is 6.61 Å². The van der Waals surface area contributed by atoms with Gasteiger partial charge in [0.15, 0.2) is 0 Å². The smallest absolute Gasteiger partial charge is 0.295 e. The molecule has 0 aliphatic carbocycles. The van der Waals surface area contributed by atoms with Gasteiger partial charge >= 0.3 is 0 Å². The van der Waals surface area contributed by atoms with Gasteiger partial charge in [-0.3, -0.25) is 0 Å². The maximum Gasteiger partial charge on any atom is 0.295 e. The van der Waals surface area contributed by atoms with E-state index in [9.17, 15) is 0 Å². The Morgan fingerprint density at radius 2 is 2.64 bits per heavy atom. The molecule has 0 radical (unpaired) electrons. The standard InChI is InChI=1S/C10H17N3O/c1-13-6-5-12-10(13)14-8-9-3-2-4-11-7-9/h5-6,9,11H,2-4,7-8H2,1H3. The molecule has 2 rings (SSSR count). The minimum absolute atomic E-state index is 0.639. The van der Waals surface area contributed by atoms with E-state index in [0.717, 1.165) is 25.7 Å². The van der Waals surface area contributed by atoms with Crippen molar-refractivity contribution in [1.29, 1.82) is 0 Å². The Hall–Kier alpha value is -1.03. The zero-order valence-electron chi connectivity index (χ0n) is 8.57. The van der Waals surface area contributed by atoms with Gasteiger partial charge in [0.1, 0.15) is 0 Å². The first-order valence-corrected chi connectivity index (χ1v) is 5.17. The minimum Gasteiger partial charge on any atom is -0.464 e. The topological polar surface area (TPSA) is 39.1 Å². The molecule has 14 heavy (non-hydrogen) atoms. The monoisotopic (exact) mass is 195 g/mol. The number of aryl methyl sites for hydroxylation is 1. The van der Waals surface area contributed by atoms with Crippen molar-refractivity contribution >= 4 is 0 Å². The third-order valence-corrected chi connectivity index (χ3v) is 2.62. The summed E-state index contributed by atoms with van der Waals surface area (Å²) in [7, 11) is 1.95. The molecule has 1 aliphatic rings. The molecule has 0 spiro atoms. The van der Waals surface area contributed by atoms with Gasteiger partial charge < -0.3 is 14.6 Å². The number of imidazole rings is 1. The van der Waals surface area contributed by atoms with Crippen LogP contribution in [0, 0.1) is 5.92 Å². The molecule has 0 amide bonds. The van der Waals surface area contributed by atoms with Gasteiger partial charge in [0, 0.05) is 31.9 Å². The highest BCUT2D eigenvalue weighted by atomic mass is 16.5. The summed E-state index contributed by atoms with van der Waals surface area (Å²) in [6.45, 7) is 3.00. The van der Waals surface area contributed by atoms with Crippen LogP contribution in [0.15, 0.2) is 12.4 Å². The fourth-order valence-electron chi connectivity index (χ4n) is 1.75. The summed E-state index contributed by atoms with van der Waals surface area (Å²) in [6, 6.07) is 0.718. The number of rotatable bonds is 3. The highest BCUT2D eigenvalue weighted by Crippen LogP contribution is 2.12. The molecule has 78 valence electrons. The summed E-state index contributed by atoms with van der Waals surface area (Å²) >= 11 is 0. The summed E-state index contributed by atoms with van der Waals surface area (Å²) in [4.78, 5) is 4.12. The average Bonchev–Trinajstić information content (AvgIpc) is 2.63. The first-order chi connectivity index (χ1) is 6.86. The molecule has 1 unspecified atom stereocenters. The van der Waals surface area contributed by atoms with Crippen molar-refractivity contribution in [3.05, 3.63) is 12.4 Å². The predicted octanol–water partition coefficient (Wildman–Crippen LogP) is 0.798. The first kappa shape index (κ1) is 9.52. The van der Waals surface area contributed by atoms with Crippen LogP contribution in [0.3, 0.4) is 0 Å². The molecule has 2 heterocycles. The summed E-state index contributed by atoms with van der Waals surface area (Å²) < 4.78 is 7.53. The number of ether oxygens (including phenoxy) is 1. The molecule has 4 heteroatoms. The van der Waals surface area contributed by atoms with Crippen LogP contribution in [0.25, 0.3) is 0 Å². The van der Waals surface area contributed by atoms with Crippen molar-refractivity contribution in [3.8, 4) is 6.01 Å². The highest BCUT2D eigenvalue weighted by molar-refractivity contribution is 4.96. The summed E-state index contributed by atoms with van der Waals surface area (Å²) in [6.07, 6.45) is 6.18. The number of nitrogens with zero attached hydrogens (tertiary/aromatic N) is 2. The molecule has 0 aromatic carbocycles. The molecule has 0 saturated carbocycles. The average molecular weight is 195 g/mol. The Kier molecular flexibility index (Phi) is 3.03. The lowest BCUT2D eigenvalue weighted by Crippen LogP contribution is -2.33. The van der Waals surface area contributed by atoms with Crippen molar-refractivity contribution in [2.45, 2.75) is 12.8 Å². The molecule has 1 N–H and O–H groups in total. The summed E-state index contributed by atoms with van der Waals surface area (Å²) in [5.74, 6) is 0.639. The number of hydrogen-bond acceptors (Lipinski definition) is 3. The van der Waals surface area contributed by atoms with Gasteiger partial charge in [-0.1, -0.05) is 0 Å². The molecule has 4 nitrogen and oxygen atoms in total. The number of aromatic nitrogens is 2. The fraction of sp³-hybridized carbons (Fsp3) is 0.700. The van der Waals surface area contributed by atoms with Gasteiger partial charge in [-0.15, -0.1) is 0 Å². The van der Waals surface area contributed by atoms with Crippen LogP contribution in [-0.4, -0.2) is 29.2 Å². The molecule has 0 bridgehead atoms.